The quantitative estimate of drug-likeness (QED) is 0.473. The standard InChI is InChI=1S/C23H20N4O5/c1-14(2)27-19(11-12-24-27)25-20(28)13-32-23(31)15-7-9-16(10-8-15)26-21(29)17-5-3-4-6-18(17)22(26)30/h3-12,14H,13H2,1-2H3,(H,25,28). The molecule has 0 saturated heterocycles. The van der Waals surface area contributed by atoms with Crippen molar-refractivity contribution < 1.29 is 23.9 Å². The summed E-state index contributed by atoms with van der Waals surface area (Å²) in [6.45, 7) is 3.38. The van der Waals surface area contributed by atoms with Crippen LogP contribution < -0.4 is 10.2 Å². The fourth-order valence-corrected chi connectivity index (χ4v) is 3.39. The minimum atomic E-state index is -0.702. The molecule has 0 bridgehead atoms. The summed E-state index contributed by atoms with van der Waals surface area (Å²) in [5.74, 6) is -1.53. The van der Waals surface area contributed by atoms with Crippen LogP contribution in [0.5, 0.6) is 0 Å². The predicted octanol–water partition coefficient (Wildman–Crippen LogP) is 3.06. The zero-order valence-electron chi connectivity index (χ0n) is 17.4. The summed E-state index contributed by atoms with van der Waals surface area (Å²) in [7, 11) is 0. The molecule has 0 unspecified atom stereocenters. The number of anilines is 2. The van der Waals surface area contributed by atoms with Gasteiger partial charge in [-0.25, -0.2) is 14.4 Å². The third kappa shape index (κ3) is 3.87. The highest BCUT2D eigenvalue weighted by Gasteiger charge is 2.36. The van der Waals surface area contributed by atoms with Gasteiger partial charge in [0, 0.05) is 12.1 Å². The van der Waals surface area contributed by atoms with E-state index in [1.165, 1.54) is 24.3 Å². The number of imide groups is 1. The smallest absolute Gasteiger partial charge is 0.338 e. The lowest BCUT2D eigenvalue weighted by Gasteiger charge is -2.14. The van der Waals surface area contributed by atoms with Gasteiger partial charge in [0.15, 0.2) is 6.61 Å². The summed E-state index contributed by atoms with van der Waals surface area (Å²) < 4.78 is 6.71. The van der Waals surface area contributed by atoms with Crippen molar-refractivity contribution in [3.05, 3.63) is 77.5 Å². The molecule has 2 aromatic carbocycles. The Morgan fingerprint density at radius 3 is 2.19 bits per heavy atom. The molecule has 9 nitrogen and oxygen atoms in total. The normalized spacial score (nSPS) is 12.8. The highest BCUT2D eigenvalue weighted by atomic mass is 16.5. The first-order valence-corrected chi connectivity index (χ1v) is 9.95. The molecule has 0 aliphatic carbocycles. The maximum atomic E-state index is 12.6. The number of rotatable bonds is 6. The van der Waals surface area contributed by atoms with Crippen molar-refractivity contribution >= 4 is 35.2 Å². The van der Waals surface area contributed by atoms with Gasteiger partial charge in [-0.2, -0.15) is 5.10 Å². The molecular weight excluding hydrogens is 412 g/mol. The Kier molecular flexibility index (Phi) is 5.55. The lowest BCUT2D eigenvalue weighted by Crippen LogP contribution is -2.29. The molecule has 32 heavy (non-hydrogen) atoms. The fourth-order valence-electron chi connectivity index (χ4n) is 3.39. The van der Waals surface area contributed by atoms with E-state index in [1.807, 2.05) is 13.8 Å². The zero-order chi connectivity index (χ0) is 22.8. The fraction of sp³-hybridized carbons (Fsp3) is 0.174. The van der Waals surface area contributed by atoms with E-state index >= 15 is 0 Å². The van der Waals surface area contributed by atoms with Crippen LogP contribution in [-0.2, 0) is 9.53 Å². The molecule has 162 valence electrons. The lowest BCUT2D eigenvalue weighted by molar-refractivity contribution is -0.119. The Bertz CT molecular complexity index is 1180. The molecular formula is C23H20N4O5. The van der Waals surface area contributed by atoms with E-state index in [1.54, 1.807) is 41.2 Å². The van der Waals surface area contributed by atoms with Gasteiger partial charge < -0.3 is 10.1 Å². The van der Waals surface area contributed by atoms with Gasteiger partial charge in [-0.15, -0.1) is 0 Å². The van der Waals surface area contributed by atoms with Crippen LogP contribution in [0, 0.1) is 0 Å². The van der Waals surface area contributed by atoms with Gasteiger partial charge in [0.25, 0.3) is 17.7 Å². The van der Waals surface area contributed by atoms with E-state index in [2.05, 4.69) is 10.4 Å². The number of benzene rings is 2. The molecule has 1 aliphatic heterocycles. The number of carbonyl (C=O) groups excluding carboxylic acids is 4. The zero-order valence-corrected chi connectivity index (χ0v) is 17.4. The number of nitrogens with one attached hydrogen (secondary N) is 1. The van der Waals surface area contributed by atoms with E-state index in [-0.39, 0.29) is 11.6 Å². The SMILES string of the molecule is CC(C)n1nccc1NC(=O)COC(=O)c1ccc(N2C(=O)c3ccccc3C2=O)cc1. The number of hydrogen-bond acceptors (Lipinski definition) is 6. The Hall–Kier alpha value is -4.27. The van der Waals surface area contributed by atoms with Gasteiger partial charge in [-0.05, 0) is 50.2 Å². The summed E-state index contributed by atoms with van der Waals surface area (Å²) >= 11 is 0. The van der Waals surface area contributed by atoms with Crippen LogP contribution in [0.4, 0.5) is 11.5 Å². The first kappa shape index (κ1) is 21.0. The molecule has 0 atom stereocenters. The van der Waals surface area contributed by atoms with E-state index in [9.17, 15) is 19.2 Å². The summed E-state index contributed by atoms with van der Waals surface area (Å²) in [5, 5.41) is 6.76. The summed E-state index contributed by atoms with van der Waals surface area (Å²) in [5.41, 5.74) is 1.20. The van der Waals surface area contributed by atoms with Gasteiger partial charge >= 0.3 is 5.97 Å². The average Bonchev–Trinajstić information content (AvgIpc) is 3.35. The Labute approximate surface area is 183 Å². The van der Waals surface area contributed by atoms with Gasteiger partial charge in [-0.3, -0.25) is 14.4 Å². The number of carbonyl (C=O) groups is 4. The largest absolute Gasteiger partial charge is 0.452 e. The molecule has 1 aromatic heterocycles. The highest BCUT2D eigenvalue weighted by molar-refractivity contribution is 6.34. The van der Waals surface area contributed by atoms with Crippen molar-refractivity contribution in [3.8, 4) is 0 Å². The number of hydrogen-bond donors (Lipinski definition) is 1. The highest BCUT2D eigenvalue weighted by Crippen LogP contribution is 2.28. The van der Waals surface area contributed by atoms with Crippen molar-refractivity contribution in [3.63, 3.8) is 0 Å². The summed E-state index contributed by atoms with van der Waals surface area (Å²) in [6, 6.07) is 14.1. The van der Waals surface area contributed by atoms with Crippen LogP contribution in [0.1, 0.15) is 51.0 Å². The second-order valence-corrected chi connectivity index (χ2v) is 7.42. The molecule has 2 heterocycles. The minimum Gasteiger partial charge on any atom is -0.452 e. The van der Waals surface area contributed by atoms with Gasteiger partial charge in [0.05, 0.1) is 28.6 Å². The van der Waals surface area contributed by atoms with Gasteiger partial charge in [0.2, 0.25) is 0 Å². The molecule has 9 heteroatoms. The van der Waals surface area contributed by atoms with Crippen LogP contribution in [0.25, 0.3) is 0 Å². The molecule has 3 aromatic rings. The summed E-state index contributed by atoms with van der Waals surface area (Å²) in [4.78, 5) is 50.6. The van der Waals surface area contributed by atoms with Crippen molar-refractivity contribution in [1.29, 1.82) is 0 Å². The molecule has 0 saturated carbocycles. The summed E-state index contributed by atoms with van der Waals surface area (Å²) in [6.07, 6.45) is 1.57. The first-order valence-electron chi connectivity index (χ1n) is 9.95. The van der Waals surface area contributed by atoms with Crippen molar-refractivity contribution in [1.82, 2.24) is 9.78 Å². The lowest BCUT2D eigenvalue weighted by atomic mass is 10.1. The third-order valence-electron chi connectivity index (χ3n) is 4.92. The number of ether oxygens (including phenoxy) is 1. The van der Waals surface area contributed by atoms with Crippen molar-refractivity contribution in [2.75, 3.05) is 16.8 Å². The molecule has 1 aliphatic rings. The second-order valence-electron chi connectivity index (χ2n) is 7.42. The molecule has 0 radical (unpaired) electrons. The maximum Gasteiger partial charge on any atom is 0.338 e. The molecule has 0 spiro atoms. The number of nitrogens with zero attached hydrogens (tertiary/aromatic N) is 3. The predicted molar refractivity (Wildman–Crippen MR) is 116 cm³/mol. The van der Waals surface area contributed by atoms with Crippen LogP contribution >= 0.6 is 0 Å². The molecule has 0 fully saturated rings. The van der Waals surface area contributed by atoms with Crippen LogP contribution in [0.2, 0.25) is 0 Å². The van der Waals surface area contributed by atoms with Gasteiger partial charge in [-0.1, -0.05) is 12.1 Å². The van der Waals surface area contributed by atoms with Crippen molar-refractivity contribution in [2.45, 2.75) is 19.9 Å². The van der Waals surface area contributed by atoms with E-state index in [0.717, 1.165) is 4.90 Å². The van der Waals surface area contributed by atoms with Crippen LogP contribution in [0.3, 0.4) is 0 Å². The molecule has 4 rings (SSSR count). The number of aromatic nitrogens is 2. The molecule has 1 N–H and O–H groups in total. The average molecular weight is 432 g/mol. The third-order valence-corrected chi connectivity index (χ3v) is 4.92. The van der Waals surface area contributed by atoms with Gasteiger partial charge in [0.1, 0.15) is 5.82 Å². The number of fused-ring (bicyclic) bond motifs is 1. The second kappa shape index (κ2) is 8.46. The Morgan fingerprint density at radius 2 is 1.59 bits per heavy atom. The number of esters is 1. The van der Waals surface area contributed by atoms with Crippen molar-refractivity contribution in [2.24, 2.45) is 0 Å². The maximum absolute atomic E-state index is 12.6. The monoisotopic (exact) mass is 432 g/mol. The van der Waals surface area contributed by atoms with Crippen LogP contribution in [0.15, 0.2) is 60.8 Å². The Balaban J connectivity index is 1.38. The Morgan fingerprint density at radius 1 is 0.969 bits per heavy atom. The number of amides is 3. The minimum absolute atomic E-state index is 0.0588. The molecule has 3 amide bonds. The van der Waals surface area contributed by atoms with Crippen LogP contribution in [-0.4, -0.2) is 40.1 Å². The van der Waals surface area contributed by atoms with E-state index < -0.39 is 30.3 Å². The first-order chi connectivity index (χ1) is 15.4. The van der Waals surface area contributed by atoms with E-state index in [0.29, 0.717) is 22.6 Å². The topological polar surface area (TPSA) is 111 Å². The van der Waals surface area contributed by atoms with E-state index in [4.69, 9.17) is 4.74 Å².